The zero-order chi connectivity index (χ0) is 20.0. The maximum Gasteiger partial charge on any atom is 0.323 e. The van der Waals surface area contributed by atoms with Crippen LogP contribution >= 0.6 is 0 Å². The van der Waals surface area contributed by atoms with Crippen LogP contribution in [0.5, 0.6) is 0 Å². The maximum atomic E-state index is 12.2. The van der Waals surface area contributed by atoms with E-state index in [0.29, 0.717) is 11.4 Å². The molecule has 0 aliphatic rings. The summed E-state index contributed by atoms with van der Waals surface area (Å²) in [6, 6.07) is 22.0. The fraction of sp³-hybridized carbons (Fsp3) is 0. The summed E-state index contributed by atoms with van der Waals surface area (Å²) < 4.78 is 26.4. The molecule has 0 spiro atoms. The second-order valence-electron chi connectivity index (χ2n) is 5.77. The topological polar surface area (TPSA) is 104 Å². The van der Waals surface area contributed by atoms with Crippen LogP contribution in [0.15, 0.2) is 89.8 Å². The highest BCUT2D eigenvalue weighted by Crippen LogP contribution is 2.13. The highest BCUT2D eigenvalue weighted by molar-refractivity contribution is 7.90. The summed E-state index contributed by atoms with van der Waals surface area (Å²) in [6.07, 6.45) is 0. The molecule has 0 atom stereocenters. The molecule has 0 aliphatic carbocycles. The average molecular weight is 395 g/mol. The lowest BCUT2D eigenvalue weighted by molar-refractivity contribution is 0.0981. The molecule has 0 fully saturated rings. The molecule has 0 heterocycles. The van der Waals surface area contributed by atoms with Crippen molar-refractivity contribution in [1.29, 1.82) is 0 Å². The van der Waals surface area contributed by atoms with E-state index in [1.54, 1.807) is 42.5 Å². The summed E-state index contributed by atoms with van der Waals surface area (Å²) in [4.78, 5) is 24.2. The van der Waals surface area contributed by atoms with Crippen LogP contribution in [0, 0.1) is 0 Å². The fourth-order valence-corrected chi connectivity index (χ4v) is 3.35. The van der Waals surface area contributed by atoms with E-state index in [1.165, 1.54) is 36.4 Å². The fourth-order valence-electron chi connectivity index (χ4n) is 2.36. The van der Waals surface area contributed by atoms with Gasteiger partial charge in [-0.05, 0) is 48.5 Å². The van der Waals surface area contributed by atoms with Crippen molar-refractivity contribution in [2.75, 3.05) is 10.6 Å². The van der Waals surface area contributed by atoms with E-state index in [0.717, 1.165) is 0 Å². The third-order valence-corrected chi connectivity index (χ3v) is 5.06. The van der Waals surface area contributed by atoms with Crippen LogP contribution in [-0.4, -0.2) is 20.4 Å². The number of anilines is 2. The zero-order valence-corrected chi connectivity index (χ0v) is 15.4. The number of sulfonamides is 1. The Morgan fingerprint density at radius 1 is 0.643 bits per heavy atom. The van der Waals surface area contributed by atoms with Gasteiger partial charge in [-0.2, -0.15) is 0 Å². The van der Waals surface area contributed by atoms with Gasteiger partial charge in [0.05, 0.1) is 4.90 Å². The number of urea groups is 1. The van der Waals surface area contributed by atoms with E-state index in [1.807, 2.05) is 10.8 Å². The van der Waals surface area contributed by atoms with E-state index in [2.05, 4.69) is 10.6 Å². The minimum atomic E-state index is -3.95. The van der Waals surface area contributed by atoms with Crippen LogP contribution < -0.4 is 15.4 Å². The van der Waals surface area contributed by atoms with Crippen molar-refractivity contribution >= 4 is 33.3 Å². The molecule has 142 valence electrons. The number of rotatable bonds is 5. The summed E-state index contributed by atoms with van der Waals surface area (Å²) in [5.41, 5.74) is 1.24. The SMILES string of the molecule is O=C(Nc1ccccc1)Nc1ccc(C(=O)NS(=O)(=O)c2ccccc2)cc1. The molecule has 3 aromatic rings. The van der Waals surface area contributed by atoms with Crippen molar-refractivity contribution in [2.45, 2.75) is 4.90 Å². The third-order valence-electron chi connectivity index (χ3n) is 3.72. The summed E-state index contributed by atoms with van der Waals surface area (Å²) in [5.74, 6) is -0.760. The molecule has 8 heteroatoms. The monoisotopic (exact) mass is 395 g/mol. The van der Waals surface area contributed by atoms with Gasteiger partial charge in [-0.3, -0.25) is 4.79 Å². The Kier molecular flexibility index (Phi) is 5.71. The molecule has 0 unspecified atom stereocenters. The smallest absolute Gasteiger partial charge is 0.308 e. The average Bonchev–Trinajstić information content (AvgIpc) is 2.69. The van der Waals surface area contributed by atoms with Crippen LogP contribution in [0.3, 0.4) is 0 Å². The van der Waals surface area contributed by atoms with Gasteiger partial charge in [0, 0.05) is 16.9 Å². The van der Waals surface area contributed by atoms with Crippen molar-refractivity contribution in [3.63, 3.8) is 0 Å². The van der Waals surface area contributed by atoms with Crippen molar-refractivity contribution in [2.24, 2.45) is 0 Å². The van der Waals surface area contributed by atoms with Crippen LogP contribution in [0.1, 0.15) is 10.4 Å². The van der Waals surface area contributed by atoms with Gasteiger partial charge in [-0.15, -0.1) is 0 Å². The van der Waals surface area contributed by atoms with Crippen LogP contribution in [0.4, 0.5) is 16.2 Å². The van der Waals surface area contributed by atoms with Gasteiger partial charge < -0.3 is 10.6 Å². The lowest BCUT2D eigenvalue weighted by atomic mass is 10.2. The van der Waals surface area contributed by atoms with Gasteiger partial charge in [0.2, 0.25) is 0 Å². The van der Waals surface area contributed by atoms with Crippen molar-refractivity contribution in [3.8, 4) is 0 Å². The molecule has 7 nitrogen and oxygen atoms in total. The molecule has 3 N–H and O–H groups in total. The molecule has 0 aromatic heterocycles. The van der Waals surface area contributed by atoms with E-state index in [-0.39, 0.29) is 10.5 Å². The second-order valence-corrected chi connectivity index (χ2v) is 7.45. The predicted molar refractivity (Wildman–Crippen MR) is 107 cm³/mol. The Bertz CT molecular complexity index is 1070. The largest absolute Gasteiger partial charge is 0.323 e. The summed E-state index contributed by atoms with van der Waals surface area (Å²) >= 11 is 0. The first-order chi connectivity index (χ1) is 13.4. The number of carbonyl (C=O) groups is 2. The molecule has 0 bridgehead atoms. The molecule has 3 rings (SSSR count). The summed E-state index contributed by atoms with van der Waals surface area (Å²) in [5, 5.41) is 5.30. The molecule has 3 amide bonds. The summed E-state index contributed by atoms with van der Waals surface area (Å²) in [6.45, 7) is 0. The van der Waals surface area contributed by atoms with E-state index >= 15 is 0 Å². The first kappa shape index (κ1) is 19.1. The minimum absolute atomic E-state index is 0.000722. The molecular weight excluding hydrogens is 378 g/mol. The highest BCUT2D eigenvalue weighted by atomic mass is 32.2. The van der Waals surface area contributed by atoms with Gasteiger partial charge in [-0.1, -0.05) is 36.4 Å². The first-order valence-electron chi connectivity index (χ1n) is 8.29. The number of amides is 3. The van der Waals surface area contributed by atoms with Crippen molar-refractivity contribution < 1.29 is 18.0 Å². The lowest BCUT2D eigenvalue weighted by Crippen LogP contribution is -2.30. The van der Waals surface area contributed by atoms with Crippen molar-refractivity contribution in [1.82, 2.24) is 4.72 Å². The number of nitrogens with one attached hydrogen (secondary N) is 3. The number of para-hydroxylation sites is 1. The van der Waals surface area contributed by atoms with E-state index < -0.39 is 22.0 Å². The van der Waals surface area contributed by atoms with Gasteiger partial charge >= 0.3 is 6.03 Å². The molecule has 0 aliphatic heterocycles. The second kappa shape index (κ2) is 8.36. The normalized spacial score (nSPS) is 10.7. The molecule has 0 saturated heterocycles. The number of hydrogen-bond donors (Lipinski definition) is 3. The highest BCUT2D eigenvalue weighted by Gasteiger charge is 2.18. The number of hydrogen-bond acceptors (Lipinski definition) is 4. The van der Waals surface area contributed by atoms with Gasteiger partial charge in [-0.25, -0.2) is 17.9 Å². The predicted octanol–water partition coefficient (Wildman–Crippen LogP) is 3.45. The zero-order valence-electron chi connectivity index (χ0n) is 14.6. The number of benzene rings is 3. The van der Waals surface area contributed by atoms with Crippen LogP contribution in [0.25, 0.3) is 0 Å². The quantitative estimate of drug-likeness (QED) is 0.615. The Hall–Kier alpha value is -3.65. The van der Waals surface area contributed by atoms with Crippen LogP contribution in [0.2, 0.25) is 0 Å². The van der Waals surface area contributed by atoms with E-state index in [4.69, 9.17) is 0 Å². The number of carbonyl (C=O) groups excluding carboxylic acids is 2. The van der Waals surface area contributed by atoms with E-state index in [9.17, 15) is 18.0 Å². The summed E-state index contributed by atoms with van der Waals surface area (Å²) in [7, 11) is -3.95. The molecule has 3 aromatic carbocycles. The molecule has 0 radical (unpaired) electrons. The molecule has 0 saturated carbocycles. The molecular formula is C20H17N3O4S. The Morgan fingerprint density at radius 2 is 1.14 bits per heavy atom. The van der Waals surface area contributed by atoms with Crippen LogP contribution in [-0.2, 0) is 10.0 Å². The lowest BCUT2D eigenvalue weighted by Gasteiger charge is -2.09. The third kappa shape index (κ3) is 4.95. The first-order valence-corrected chi connectivity index (χ1v) is 9.78. The van der Waals surface area contributed by atoms with Gasteiger partial charge in [0.1, 0.15) is 0 Å². The van der Waals surface area contributed by atoms with Gasteiger partial charge in [0.25, 0.3) is 15.9 Å². The Morgan fingerprint density at radius 3 is 1.71 bits per heavy atom. The molecule has 28 heavy (non-hydrogen) atoms. The maximum absolute atomic E-state index is 12.2. The van der Waals surface area contributed by atoms with Crippen molar-refractivity contribution in [3.05, 3.63) is 90.5 Å². The minimum Gasteiger partial charge on any atom is -0.308 e. The van der Waals surface area contributed by atoms with Gasteiger partial charge in [0.15, 0.2) is 0 Å². The Balaban J connectivity index is 1.62. The Labute approximate surface area is 162 Å². The standard InChI is InChI=1S/C20H17N3O4S/c24-19(23-28(26,27)18-9-5-2-6-10-18)15-11-13-17(14-12-15)22-20(25)21-16-7-3-1-4-8-16/h1-14H,(H,23,24)(H2,21,22,25).